The van der Waals surface area contributed by atoms with Crippen LogP contribution in [0.4, 0.5) is 5.69 Å². The topological polar surface area (TPSA) is 21.3 Å². The van der Waals surface area contributed by atoms with Crippen molar-refractivity contribution < 1.29 is 4.74 Å². The summed E-state index contributed by atoms with van der Waals surface area (Å²) in [4.78, 5) is 0. The average molecular weight is 396 g/mol. The van der Waals surface area contributed by atoms with Crippen molar-refractivity contribution in [2.45, 2.75) is 6.54 Å². The first kappa shape index (κ1) is 15.8. The lowest BCUT2D eigenvalue weighted by Crippen LogP contribution is -2.03. The Hall–Kier alpha value is -0.610. The van der Waals surface area contributed by atoms with Crippen LogP contribution in [0.1, 0.15) is 5.56 Å². The van der Waals surface area contributed by atoms with E-state index in [0.717, 1.165) is 10.0 Å². The van der Waals surface area contributed by atoms with E-state index in [4.69, 9.17) is 39.5 Å². The highest BCUT2D eigenvalue weighted by molar-refractivity contribution is 9.10. The number of benzene rings is 2. The minimum Gasteiger partial charge on any atom is -0.496 e. The van der Waals surface area contributed by atoms with E-state index in [9.17, 15) is 0 Å². The second-order valence-corrected chi connectivity index (χ2v) is 6.16. The SMILES string of the molecule is COc1cccc(Cl)c1CNc1c(Cl)cc(Br)cc1Cl. The molecule has 2 rings (SSSR count). The number of anilines is 1. The molecular formula is C14H11BrCl3NO. The van der Waals surface area contributed by atoms with Crippen LogP contribution in [0.25, 0.3) is 0 Å². The predicted molar refractivity (Wildman–Crippen MR) is 89.5 cm³/mol. The fourth-order valence-corrected chi connectivity index (χ4v) is 3.36. The Labute approximate surface area is 141 Å². The van der Waals surface area contributed by atoms with Crippen LogP contribution in [-0.2, 0) is 6.54 Å². The fourth-order valence-electron chi connectivity index (χ4n) is 1.79. The van der Waals surface area contributed by atoms with Crippen LogP contribution in [0.5, 0.6) is 5.75 Å². The van der Waals surface area contributed by atoms with Crippen LogP contribution in [0.15, 0.2) is 34.8 Å². The zero-order valence-corrected chi connectivity index (χ0v) is 14.4. The quantitative estimate of drug-likeness (QED) is 0.682. The number of ether oxygens (including phenoxy) is 1. The number of nitrogens with one attached hydrogen (secondary N) is 1. The molecule has 0 aliphatic heterocycles. The van der Waals surface area contributed by atoms with Crippen molar-refractivity contribution in [3.05, 3.63) is 55.4 Å². The molecular weight excluding hydrogens is 384 g/mol. The summed E-state index contributed by atoms with van der Waals surface area (Å²) >= 11 is 21.9. The molecule has 20 heavy (non-hydrogen) atoms. The molecule has 0 bridgehead atoms. The maximum absolute atomic E-state index is 6.19. The van der Waals surface area contributed by atoms with E-state index < -0.39 is 0 Å². The van der Waals surface area contributed by atoms with Gasteiger partial charge in [0.05, 0.1) is 22.8 Å². The summed E-state index contributed by atoms with van der Waals surface area (Å²) in [6.45, 7) is 0.462. The van der Waals surface area contributed by atoms with Crippen molar-refractivity contribution >= 4 is 56.4 Å². The Balaban J connectivity index is 2.26. The minimum absolute atomic E-state index is 0.462. The lowest BCUT2D eigenvalue weighted by atomic mass is 10.2. The van der Waals surface area contributed by atoms with Gasteiger partial charge in [-0.25, -0.2) is 0 Å². The van der Waals surface area contributed by atoms with Crippen LogP contribution >= 0.6 is 50.7 Å². The molecule has 0 saturated heterocycles. The molecule has 0 aromatic heterocycles. The maximum Gasteiger partial charge on any atom is 0.125 e. The number of hydrogen-bond acceptors (Lipinski definition) is 2. The maximum atomic E-state index is 6.19. The summed E-state index contributed by atoms with van der Waals surface area (Å²) in [6, 6.07) is 9.06. The van der Waals surface area contributed by atoms with E-state index in [1.807, 2.05) is 18.2 Å². The van der Waals surface area contributed by atoms with E-state index in [0.29, 0.717) is 33.0 Å². The van der Waals surface area contributed by atoms with Crippen LogP contribution in [0.3, 0.4) is 0 Å². The summed E-state index contributed by atoms with van der Waals surface area (Å²) in [6.07, 6.45) is 0. The van der Waals surface area contributed by atoms with E-state index in [2.05, 4.69) is 21.2 Å². The van der Waals surface area contributed by atoms with Gasteiger partial charge in [0.1, 0.15) is 5.75 Å². The van der Waals surface area contributed by atoms with Crippen LogP contribution < -0.4 is 10.1 Å². The molecule has 0 aliphatic carbocycles. The zero-order valence-electron chi connectivity index (χ0n) is 10.5. The fraction of sp³-hybridized carbons (Fsp3) is 0.143. The third-order valence-corrected chi connectivity index (χ3v) is 4.15. The molecule has 2 aromatic carbocycles. The Bertz CT molecular complexity index is 611. The summed E-state index contributed by atoms with van der Waals surface area (Å²) in [5.41, 5.74) is 1.52. The molecule has 0 amide bonds. The molecule has 1 N–H and O–H groups in total. The highest BCUT2D eigenvalue weighted by atomic mass is 79.9. The smallest absolute Gasteiger partial charge is 0.125 e. The molecule has 2 nitrogen and oxygen atoms in total. The van der Waals surface area contributed by atoms with Crippen molar-refractivity contribution in [2.75, 3.05) is 12.4 Å². The number of hydrogen-bond donors (Lipinski definition) is 1. The van der Waals surface area contributed by atoms with E-state index in [-0.39, 0.29) is 0 Å². The van der Waals surface area contributed by atoms with Gasteiger partial charge in [0, 0.05) is 21.6 Å². The van der Waals surface area contributed by atoms with Gasteiger partial charge in [-0.3, -0.25) is 0 Å². The van der Waals surface area contributed by atoms with Gasteiger partial charge >= 0.3 is 0 Å². The van der Waals surface area contributed by atoms with Gasteiger partial charge in [0.2, 0.25) is 0 Å². The molecule has 0 atom stereocenters. The minimum atomic E-state index is 0.462. The average Bonchev–Trinajstić information content (AvgIpc) is 2.38. The number of methoxy groups -OCH3 is 1. The Kier molecular flexibility index (Phi) is 5.44. The van der Waals surface area contributed by atoms with Crippen molar-refractivity contribution in [1.82, 2.24) is 0 Å². The van der Waals surface area contributed by atoms with Crippen LogP contribution in [-0.4, -0.2) is 7.11 Å². The highest BCUT2D eigenvalue weighted by Gasteiger charge is 2.11. The van der Waals surface area contributed by atoms with Gasteiger partial charge in [0.25, 0.3) is 0 Å². The third kappa shape index (κ3) is 3.53. The van der Waals surface area contributed by atoms with Gasteiger partial charge in [-0.2, -0.15) is 0 Å². The standard InChI is InChI=1S/C14H11BrCl3NO/c1-20-13-4-2-3-10(16)9(13)7-19-14-11(17)5-8(15)6-12(14)18/h2-6,19H,7H2,1H3. The molecule has 106 valence electrons. The molecule has 0 fully saturated rings. The lowest BCUT2D eigenvalue weighted by molar-refractivity contribution is 0.410. The summed E-state index contributed by atoms with van der Waals surface area (Å²) in [5.74, 6) is 0.717. The van der Waals surface area contributed by atoms with Crippen LogP contribution in [0.2, 0.25) is 15.1 Å². The molecule has 0 aliphatic rings. The molecule has 0 unspecified atom stereocenters. The first-order chi connectivity index (χ1) is 9.52. The van der Waals surface area contributed by atoms with Crippen LogP contribution in [0, 0.1) is 0 Å². The largest absolute Gasteiger partial charge is 0.496 e. The van der Waals surface area contributed by atoms with Crippen molar-refractivity contribution in [3.63, 3.8) is 0 Å². The van der Waals surface area contributed by atoms with Crippen molar-refractivity contribution in [2.24, 2.45) is 0 Å². The third-order valence-electron chi connectivity index (χ3n) is 2.74. The lowest BCUT2D eigenvalue weighted by Gasteiger charge is -2.14. The molecule has 6 heteroatoms. The summed E-state index contributed by atoms with van der Waals surface area (Å²) in [5, 5.41) is 4.89. The summed E-state index contributed by atoms with van der Waals surface area (Å²) in [7, 11) is 1.61. The van der Waals surface area contributed by atoms with Gasteiger partial charge in [-0.05, 0) is 24.3 Å². The number of halogens is 4. The zero-order chi connectivity index (χ0) is 14.7. The molecule has 0 heterocycles. The first-order valence-electron chi connectivity index (χ1n) is 5.72. The second-order valence-electron chi connectivity index (χ2n) is 4.02. The Morgan fingerprint density at radius 3 is 2.35 bits per heavy atom. The number of rotatable bonds is 4. The van der Waals surface area contributed by atoms with Crippen molar-refractivity contribution in [3.8, 4) is 5.75 Å². The van der Waals surface area contributed by atoms with Gasteiger partial charge < -0.3 is 10.1 Å². The van der Waals surface area contributed by atoms with E-state index in [1.165, 1.54) is 0 Å². The normalized spacial score (nSPS) is 10.4. The monoisotopic (exact) mass is 393 g/mol. The predicted octanol–water partition coefficient (Wildman–Crippen LogP) is 6.03. The Morgan fingerprint density at radius 2 is 1.75 bits per heavy atom. The molecule has 0 radical (unpaired) electrons. The highest BCUT2D eigenvalue weighted by Crippen LogP contribution is 2.35. The molecule has 2 aromatic rings. The first-order valence-corrected chi connectivity index (χ1v) is 7.65. The van der Waals surface area contributed by atoms with Crippen molar-refractivity contribution in [1.29, 1.82) is 0 Å². The van der Waals surface area contributed by atoms with E-state index >= 15 is 0 Å². The summed E-state index contributed by atoms with van der Waals surface area (Å²) < 4.78 is 6.12. The Morgan fingerprint density at radius 1 is 1.10 bits per heavy atom. The van der Waals surface area contributed by atoms with Gasteiger partial charge in [0.15, 0.2) is 0 Å². The molecule has 0 spiro atoms. The second kappa shape index (κ2) is 6.90. The molecule has 0 saturated carbocycles. The van der Waals surface area contributed by atoms with E-state index in [1.54, 1.807) is 19.2 Å². The van der Waals surface area contributed by atoms with Gasteiger partial charge in [-0.15, -0.1) is 0 Å². The van der Waals surface area contributed by atoms with Gasteiger partial charge in [-0.1, -0.05) is 56.8 Å².